The maximum atomic E-state index is 11.5. The molecule has 1 aromatic rings. The molecular weight excluding hydrogens is 268 g/mol. The highest BCUT2D eigenvalue weighted by molar-refractivity contribution is 7.09. The van der Waals surface area contributed by atoms with E-state index in [0.717, 1.165) is 0 Å². The first-order chi connectivity index (χ1) is 8.67. The number of hydrogen-bond acceptors (Lipinski definition) is 5. The molecule has 0 fully saturated rings. The fourth-order valence-corrected chi connectivity index (χ4v) is 2.22. The summed E-state index contributed by atoms with van der Waals surface area (Å²) in [6.07, 6.45) is -0.0213. The molecule has 0 aliphatic heterocycles. The molecule has 0 aliphatic rings. The zero-order valence-corrected chi connectivity index (χ0v) is 12.2. The van der Waals surface area contributed by atoms with Crippen LogP contribution in [0.5, 0.6) is 0 Å². The zero-order chi connectivity index (χ0) is 14.6. The van der Waals surface area contributed by atoms with E-state index >= 15 is 0 Å². The van der Waals surface area contributed by atoms with E-state index in [1.807, 2.05) is 6.92 Å². The zero-order valence-electron chi connectivity index (χ0n) is 11.4. The lowest BCUT2D eigenvalue weighted by Crippen LogP contribution is -2.38. The highest BCUT2D eigenvalue weighted by atomic mass is 32.1. The third kappa shape index (κ3) is 5.69. The molecule has 0 aromatic carbocycles. The van der Waals surface area contributed by atoms with E-state index in [4.69, 9.17) is 9.84 Å². The summed E-state index contributed by atoms with van der Waals surface area (Å²) in [6.45, 7) is 7.18. The molecule has 0 saturated heterocycles. The number of rotatable bonds is 4. The first kappa shape index (κ1) is 15.4. The van der Waals surface area contributed by atoms with Crippen molar-refractivity contribution in [3.05, 3.63) is 16.1 Å². The first-order valence-corrected chi connectivity index (χ1v) is 6.72. The summed E-state index contributed by atoms with van der Waals surface area (Å²) in [7, 11) is 0. The molecular formula is C12H18N2O4S. The van der Waals surface area contributed by atoms with Gasteiger partial charge in [0.2, 0.25) is 0 Å². The summed E-state index contributed by atoms with van der Waals surface area (Å²) >= 11 is 1.26. The Morgan fingerprint density at radius 1 is 1.53 bits per heavy atom. The summed E-state index contributed by atoms with van der Waals surface area (Å²) in [5.41, 5.74) is -0.508. The number of hydrogen-bond donors (Lipinski definition) is 2. The number of aromatic carboxylic acids is 1. The maximum absolute atomic E-state index is 11.5. The van der Waals surface area contributed by atoms with Gasteiger partial charge in [0.1, 0.15) is 5.60 Å². The number of nitrogens with one attached hydrogen (secondary N) is 1. The van der Waals surface area contributed by atoms with Crippen LogP contribution in [0.3, 0.4) is 0 Å². The van der Waals surface area contributed by atoms with Crippen LogP contribution in [0.15, 0.2) is 5.38 Å². The van der Waals surface area contributed by atoms with Crippen LogP contribution in [-0.4, -0.2) is 33.8 Å². The number of carboxylic acids is 1. The van der Waals surface area contributed by atoms with Crippen molar-refractivity contribution >= 4 is 23.4 Å². The quantitative estimate of drug-likeness (QED) is 0.886. The van der Waals surface area contributed by atoms with Gasteiger partial charge in [0.15, 0.2) is 5.69 Å². The van der Waals surface area contributed by atoms with E-state index in [0.29, 0.717) is 11.4 Å². The van der Waals surface area contributed by atoms with Crippen molar-refractivity contribution in [1.82, 2.24) is 10.3 Å². The minimum atomic E-state index is -1.05. The number of carbonyl (C=O) groups is 2. The standard InChI is InChI=1S/C12H18N2O4S/c1-7(13-11(17)18-12(2,3)4)5-9-14-8(6-19-9)10(15)16/h6-7H,5H2,1-4H3,(H,13,17)(H,15,16). The Hall–Kier alpha value is -1.63. The Bertz CT molecular complexity index is 465. The Kier molecular flexibility index (Phi) is 4.88. The Morgan fingerprint density at radius 3 is 2.63 bits per heavy atom. The summed E-state index contributed by atoms with van der Waals surface area (Å²) in [5, 5.41) is 13.6. The van der Waals surface area contributed by atoms with Crippen molar-refractivity contribution in [1.29, 1.82) is 0 Å². The van der Waals surface area contributed by atoms with E-state index in [-0.39, 0.29) is 11.7 Å². The van der Waals surface area contributed by atoms with E-state index in [1.54, 1.807) is 20.8 Å². The molecule has 2 N–H and O–H groups in total. The van der Waals surface area contributed by atoms with E-state index in [2.05, 4.69) is 10.3 Å². The molecule has 0 aliphatic carbocycles. The van der Waals surface area contributed by atoms with Gasteiger partial charge in [-0.05, 0) is 27.7 Å². The SMILES string of the molecule is CC(Cc1nc(C(=O)O)cs1)NC(=O)OC(C)(C)C. The van der Waals surface area contributed by atoms with Crippen LogP contribution in [0, 0.1) is 0 Å². The van der Waals surface area contributed by atoms with Gasteiger partial charge in [-0.15, -0.1) is 11.3 Å². The van der Waals surface area contributed by atoms with Gasteiger partial charge in [0, 0.05) is 17.8 Å². The monoisotopic (exact) mass is 286 g/mol. The number of ether oxygens (including phenoxy) is 1. The number of thiazole rings is 1. The average molecular weight is 286 g/mol. The first-order valence-electron chi connectivity index (χ1n) is 5.84. The predicted molar refractivity (Wildman–Crippen MR) is 71.6 cm³/mol. The fourth-order valence-electron chi connectivity index (χ4n) is 1.32. The Morgan fingerprint density at radius 2 is 2.16 bits per heavy atom. The molecule has 1 unspecified atom stereocenters. The fraction of sp³-hybridized carbons (Fsp3) is 0.583. The molecule has 1 aromatic heterocycles. The minimum absolute atomic E-state index is 0.0319. The lowest BCUT2D eigenvalue weighted by molar-refractivity contribution is 0.0507. The molecule has 1 atom stereocenters. The van der Waals surface area contributed by atoms with Gasteiger partial charge in [-0.2, -0.15) is 0 Å². The second-order valence-electron chi connectivity index (χ2n) is 5.18. The van der Waals surface area contributed by atoms with Crippen LogP contribution in [0.1, 0.15) is 43.2 Å². The van der Waals surface area contributed by atoms with E-state index < -0.39 is 17.7 Å². The molecule has 106 valence electrons. The number of nitrogens with zero attached hydrogens (tertiary/aromatic N) is 1. The molecule has 0 radical (unpaired) electrons. The van der Waals surface area contributed by atoms with E-state index in [9.17, 15) is 9.59 Å². The summed E-state index contributed by atoms with van der Waals surface area (Å²) < 4.78 is 5.13. The number of aromatic nitrogens is 1. The number of amides is 1. The minimum Gasteiger partial charge on any atom is -0.476 e. The molecule has 0 bridgehead atoms. The van der Waals surface area contributed by atoms with Gasteiger partial charge in [-0.3, -0.25) is 0 Å². The van der Waals surface area contributed by atoms with Gasteiger partial charge < -0.3 is 15.2 Å². The van der Waals surface area contributed by atoms with Crippen molar-refractivity contribution in [3.8, 4) is 0 Å². The lowest BCUT2D eigenvalue weighted by atomic mass is 10.2. The van der Waals surface area contributed by atoms with Crippen molar-refractivity contribution in [2.75, 3.05) is 0 Å². The second-order valence-corrected chi connectivity index (χ2v) is 6.13. The number of carbonyl (C=O) groups excluding carboxylic acids is 1. The van der Waals surface area contributed by atoms with Crippen molar-refractivity contribution in [2.24, 2.45) is 0 Å². The molecule has 6 nitrogen and oxygen atoms in total. The largest absolute Gasteiger partial charge is 0.476 e. The number of alkyl carbamates (subject to hydrolysis) is 1. The topological polar surface area (TPSA) is 88.5 Å². The van der Waals surface area contributed by atoms with Crippen LogP contribution < -0.4 is 5.32 Å². The molecule has 0 spiro atoms. The van der Waals surface area contributed by atoms with Gasteiger partial charge in [-0.1, -0.05) is 0 Å². The average Bonchev–Trinajstić information content (AvgIpc) is 2.62. The van der Waals surface area contributed by atoms with Crippen LogP contribution in [0.4, 0.5) is 4.79 Å². The smallest absolute Gasteiger partial charge is 0.407 e. The summed E-state index contributed by atoms with van der Waals surface area (Å²) in [6, 6.07) is -0.178. The van der Waals surface area contributed by atoms with Crippen LogP contribution >= 0.6 is 11.3 Å². The third-order valence-electron chi connectivity index (χ3n) is 2.01. The predicted octanol–water partition coefficient (Wildman–Crippen LogP) is 2.30. The highest BCUT2D eigenvalue weighted by Crippen LogP contribution is 2.12. The van der Waals surface area contributed by atoms with Crippen LogP contribution in [-0.2, 0) is 11.2 Å². The molecule has 1 heterocycles. The molecule has 19 heavy (non-hydrogen) atoms. The molecule has 1 amide bonds. The van der Waals surface area contributed by atoms with Crippen molar-refractivity contribution in [2.45, 2.75) is 45.8 Å². The van der Waals surface area contributed by atoms with Crippen molar-refractivity contribution < 1.29 is 19.4 Å². The lowest BCUT2D eigenvalue weighted by Gasteiger charge is -2.21. The maximum Gasteiger partial charge on any atom is 0.407 e. The Labute approximate surface area is 115 Å². The van der Waals surface area contributed by atoms with E-state index in [1.165, 1.54) is 16.7 Å². The molecule has 0 saturated carbocycles. The number of carboxylic acid groups (broad SMARTS) is 1. The van der Waals surface area contributed by atoms with Gasteiger partial charge in [-0.25, -0.2) is 14.6 Å². The molecule has 1 rings (SSSR count). The van der Waals surface area contributed by atoms with Gasteiger partial charge in [0.25, 0.3) is 0 Å². The van der Waals surface area contributed by atoms with Crippen LogP contribution in [0.25, 0.3) is 0 Å². The van der Waals surface area contributed by atoms with Crippen LogP contribution in [0.2, 0.25) is 0 Å². The normalized spacial score (nSPS) is 12.8. The Balaban J connectivity index is 2.48. The van der Waals surface area contributed by atoms with Gasteiger partial charge >= 0.3 is 12.1 Å². The van der Waals surface area contributed by atoms with Gasteiger partial charge in [0.05, 0.1) is 5.01 Å². The third-order valence-corrected chi connectivity index (χ3v) is 2.89. The molecule has 7 heteroatoms. The van der Waals surface area contributed by atoms with Crippen molar-refractivity contribution in [3.63, 3.8) is 0 Å². The highest BCUT2D eigenvalue weighted by Gasteiger charge is 2.18. The summed E-state index contributed by atoms with van der Waals surface area (Å²) in [4.78, 5) is 26.2. The summed E-state index contributed by atoms with van der Waals surface area (Å²) in [5.74, 6) is -1.05. The second kappa shape index (κ2) is 6.01.